The van der Waals surface area contributed by atoms with E-state index in [4.69, 9.17) is 5.73 Å². The summed E-state index contributed by atoms with van der Waals surface area (Å²) in [5, 5.41) is 8.91. The zero-order valence-corrected chi connectivity index (χ0v) is 28.1. The fourth-order valence-corrected chi connectivity index (χ4v) is 6.04. The minimum atomic E-state index is -0.280. The molecule has 48 heavy (non-hydrogen) atoms. The zero-order valence-electron chi connectivity index (χ0n) is 28.1. The number of aliphatic imine (C=N–C) groups is 1. The Morgan fingerprint density at radius 2 is 1.71 bits per heavy atom. The molecule has 0 fully saturated rings. The van der Waals surface area contributed by atoms with Crippen LogP contribution in [0, 0.1) is 0 Å². The Hall–Kier alpha value is -4.87. The van der Waals surface area contributed by atoms with Gasteiger partial charge in [0.1, 0.15) is 5.84 Å². The topological polar surface area (TPSA) is 145 Å². The number of likely N-dealkylation sites (N-methyl/N-ethyl adjacent to an activating group) is 1. The summed E-state index contributed by atoms with van der Waals surface area (Å²) in [5.74, 6) is -0.0453. The highest BCUT2D eigenvalue weighted by atomic mass is 16.2. The van der Waals surface area contributed by atoms with Crippen LogP contribution in [0.1, 0.15) is 76.2 Å². The molecule has 0 bridgehead atoms. The molecule has 5 N–H and O–H groups in total. The van der Waals surface area contributed by atoms with Crippen molar-refractivity contribution in [2.75, 3.05) is 45.1 Å². The van der Waals surface area contributed by atoms with Gasteiger partial charge in [-0.2, -0.15) is 0 Å². The molecule has 11 nitrogen and oxygen atoms in total. The molecule has 0 radical (unpaired) electrons. The highest BCUT2D eigenvalue weighted by Gasteiger charge is 2.22. The summed E-state index contributed by atoms with van der Waals surface area (Å²) >= 11 is 0. The minimum Gasteiger partial charge on any atom is -0.387 e. The Labute approximate surface area is 282 Å². The first-order chi connectivity index (χ1) is 23.3. The van der Waals surface area contributed by atoms with Crippen molar-refractivity contribution in [3.63, 3.8) is 0 Å². The second-order valence-electron chi connectivity index (χ2n) is 12.3. The average molecular weight is 651 g/mol. The molecule has 3 aromatic rings. The van der Waals surface area contributed by atoms with Crippen LogP contribution in [0.15, 0.2) is 65.3 Å². The first-order valence-corrected chi connectivity index (χ1v) is 16.8. The molecule has 0 atom stereocenters. The number of aromatic nitrogens is 1. The van der Waals surface area contributed by atoms with E-state index in [1.165, 1.54) is 0 Å². The number of nitrogens with one attached hydrogen (secondary N) is 3. The second-order valence-corrected chi connectivity index (χ2v) is 12.3. The van der Waals surface area contributed by atoms with E-state index in [-0.39, 0.29) is 24.1 Å². The lowest BCUT2D eigenvalue weighted by Crippen LogP contribution is -2.34. The lowest BCUT2D eigenvalue weighted by molar-refractivity contribution is -0.127. The average Bonchev–Trinajstić information content (AvgIpc) is 3.25. The monoisotopic (exact) mass is 650 g/mol. The van der Waals surface area contributed by atoms with Gasteiger partial charge in [-0.1, -0.05) is 32.0 Å². The van der Waals surface area contributed by atoms with E-state index in [1.54, 1.807) is 18.3 Å². The zero-order chi connectivity index (χ0) is 34.0. The van der Waals surface area contributed by atoms with Gasteiger partial charge in [-0.3, -0.25) is 24.3 Å². The van der Waals surface area contributed by atoms with Gasteiger partial charge < -0.3 is 26.6 Å². The lowest BCUT2D eigenvalue weighted by Gasteiger charge is -2.28. The van der Waals surface area contributed by atoms with Crippen molar-refractivity contribution in [2.45, 2.75) is 52.6 Å². The van der Waals surface area contributed by atoms with Crippen molar-refractivity contribution in [1.82, 2.24) is 25.4 Å². The van der Waals surface area contributed by atoms with Gasteiger partial charge in [0.05, 0.1) is 17.6 Å². The van der Waals surface area contributed by atoms with Gasteiger partial charge in [0.25, 0.3) is 11.8 Å². The normalized spacial score (nSPS) is 14.1. The van der Waals surface area contributed by atoms with E-state index in [1.807, 2.05) is 54.4 Å². The largest absolute Gasteiger partial charge is 0.387 e. The number of carbonyl (C=O) groups is 3. The molecule has 0 saturated heterocycles. The maximum Gasteiger partial charge on any atom is 0.255 e. The predicted molar refractivity (Wildman–Crippen MR) is 190 cm³/mol. The molecule has 0 spiro atoms. The Kier molecular flexibility index (Phi) is 11.7. The first-order valence-electron chi connectivity index (χ1n) is 16.8. The van der Waals surface area contributed by atoms with E-state index >= 15 is 0 Å². The predicted octanol–water partition coefficient (Wildman–Crippen LogP) is 4.27. The summed E-state index contributed by atoms with van der Waals surface area (Å²) in [7, 11) is 1.85. The standard InChI is InChI=1S/C37H46N8O3/c1-4-15-45(16-5-2)37(48)29-18-27-10-11-28(20-33(27)43-34(38)21-29)36(47)42-31-19-30-24-44(17-12-32(30)41-22-31)23-25-6-8-26(9-7-25)35(46)40-14-13-39-3/h6-11,18-20,22,39H,4-5,12-17,21,23-24H2,1-3H3,(H2,38,43)(H,40,46)(H,42,47). The third-order valence-electron chi connectivity index (χ3n) is 8.47. The number of carbonyl (C=O) groups excluding carboxylic acids is 3. The van der Waals surface area contributed by atoms with E-state index in [0.717, 1.165) is 61.3 Å². The summed E-state index contributed by atoms with van der Waals surface area (Å²) < 4.78 is 0. The van der Waals surface area contributed by atoms with Crippen LogP contribution in [0.25, 0.3) is 6.08 Å². The Balaban J connectivity index is 1.23. The Morgan fingerprint density at radius 1 is 0.958 bits per heavy atom. The summed E-state index contributed by atoms with van der Waals surface area (Å²) in [5.41, 5.74) is 13.1. The number of hydrogen-bond donors (Lipinski definition) is 4. The number of amidine groups is 1. The summed E-state index contributed by atoms with van der Waals surface area (Å²) in [6.07, 6.45) is 6.38. The summed E-state index contributed by atoms with van der Waals surface area (Å²) in [6.45, 7) is 9.11. The number of pyridine rings is 1. The Bertz CT molecular complexity index is 1690. The fraction of sp³-hybridized carbons (Fsp3) is 0.378. The molecule has 2 aromatic carbocycles. The molecule has 2 aliphatic heterocycles. The number of fused-ring (bicyclic) bond motifs is 2. The maximum atomic E-state index is 13.4. The molecular weight excluding hydrogens is 604 g/mol. The van der Waals surface area contributed by atoms with Crippen LogP contribution in [0.3, 0.4) is 0 Å². The van der Waals surface area contributed by atoms with E-state index < -0.39 is 0 Å². The first kappa shape index (κ1) is 34.5. The number of anilines is 1. The van der Waals surface area contributed by atoms with Crippen molar-refractivity contribution in [2.24, 2.45) is 10.7 Å². The highest BCUT2D eigenvalue weighted by molar-refractivity contribution is 6.08. The third kappa shape index (κ3) is 8.72. The van der Waals surface area contributed by atoms with Crippen LogP contribution in [0.2, 0.25) is 0 Å². The summed E-state index contributed by atoms with van der Waals surface area (Å²) in [6, 6.07) is 15.0. The quantitative estimate of drug-likeness (QED) is 0.202. The number of nitrogens with two attached hydrogens (primary N) is 1. The number of amides is 3. The van der Waals surface area contributed by atoms with E-state index in [0.29, 0.717) is 60.1 Å². The van der Waals surface area contributed by atoms with Crippen molar-refractivity contribution < 1.29 is 14.4 Å². The van der Waals surface area contributed by atoms with Crippen molar-refractivity contribution >= 4 is 41.0 Å². The molecule has 1 aromatic heterocycles. The molecule has 252 valence electrons. The molecule has 5 rings (SSSR count). The van der Waals surface area contributed by atoms with Crippen molar-refractivity contribution in [1.29, 1.82) is 0 Å². The van der Waals surface area contributed by atoms with Crippen LogP contribution >= 0.6 is 0 Å². The van der Waals surface area contributed by atoms with Crippen molar-refractivity contribution in [3.8, 4) is 0 Å². The molecule has 0 aliphatic carbocycles. The molecule has 3 heterocycles. The SMILES string of the molecule is CCCN(CCC)C(=O)C1=Cc2ccc(C(=O)Nc3cnc4c(c3)CN(Cc3ccc(C(=O)NCCNC)cc3)CC4)cc2N=C(N)C1. The number of rotatable bonds is 13. The lowest BCUT2D eigenvalue weighted by atomic mass is 10.0. The van der Waals surface area contributed by atoms with Gasteiger partial charge in [0, 0.05) is 86.6 Å². The molecule has 0 unspecified atom stereocenters. The van der Waals surface area contributed by atoms with Crippen LogP contribution in [0.5, 0.6) is 0 Å². The maximum absolute atomic E-state index is 13.4. The van der Waals surface area contributed by atoms with Gasteiger partial charge in [-0.15, -0.1) is 0 Å². The van der Waals surface area contributed by atoms with E-state index in [2.05, 4.69) is 44.7 Å². The van der Waals surface area contributed by atoms with Gasteiger partial charge in [-0.05, 0) is 67.4 Å². The van der Waals surface area contributed by atoms with Gasteiger partial charge >= 0.3 is 0 Å². The van der Waals surface area contributed by atoms with Gasteiger partial charge in [0.15, 0.2) is 0 Å². The summed E-state index contributed by atoms with van der Waals surface area (Å²) in [4.78, 5) is 52.4. The fourth-order valence-electron chi connectivity index (χ4n) is 6.04. The highest BCUT2D eigenvalue weighted by Crippen LogP contribution is 2.29. The molecule has 2 aliphatic rings. The van der Waals surface area contributed by atoms with Crippen LogP contribution in [0.4, 0.5) is 11.4 Å². The van der Waals surface area contributed by atoms with Crippen LogP contribution in [-0.2, 0) is 24.3 Å². The minimum absolute atomic E-state index is 0.0248. The number of nitrogens with zero attached hydrogens (tertiary/aromatic N) is 4. The molecule has 11 heteroatoms. The molecule has 3 amide bonds. The third-order valence-corrected chi connectivity index (χ3v) is 8.47. The van der Waals surface area contributed by atoms with Gasteiger partial charge in [0.2, 0.25) is 5.91 Å². The number of benzene rings is 2. The van der Waals surface area contributed by atoms with Crippen molar-refractivity contribution in [3.05, 3.63) is 93.8 Å². The second kappa shape index (κ2) is 16.3. The van der Waals surface area contributed by atoms with Gasteiger partial charge in [-0.25, -0.2) is 4.99 Å². The van der Waals surface area contributed by atoms with E-state index in [9.17, 15) is 14.4 Å². The smallest absolute Gasteiger partial charge is 0.255 e. The van der Waals surface area contributed by atoms with Crippen LogP contribution < -0.4 is 21.7 Å². The Morgan fingerprint density at radius 3 is 2.44 bits per heavy atom. The number of hydrogen-bond acceptors (Lipinski definition) is 8. The molecule has 0 saturated carbocycles. The molecular formula is C37H46N8O3. The van der Waals surface area contributed by atoms with Crippen LogP contribution in [-0.4, -0.2) is 78.1 Å².